The summed E-state index contributed by atoms with van der Waals surface area (Å²) in [6, 6.07) is 6.88. The molecular weight excluding hydrogens is 328 g/mol. The predicted octanol–water partition coefficient (Wildman–Crippen LogP) is 3.80. The van der Waals surface area contributed by atoms with Crippen molar-refractivity contribution < 1.29 is 19.4 Å². The lowest BCUT2D eigenvalue weighted by atomic mass is 10.0. The molecule has 1 fully saturated rings. The minimum atomic E-state index is -0.892. The van der Waals surface area contributed by atoms with Gasteiger partial charge in [0.25, 0.3) is 0 Å². The Hall–Kier alpha value is -2.41. The smallest absolute Gasteiger partial charge is 0.407 e. The van der Waals surface area contributed by atoms with E-state index in [0.29, 0.717) is 12.1 Å². The summed E-state index contributed by atoms with van der Waals surface area (Å²) >= 11 is 1.48. The average molecular weight is 346 g/mol. The SMILES string of the molecule is COC(=O)c1ccc(-c2nc([C@H]3CCCCN3C(=O)O)cs2)cc1. The van der Waals surface area contributed by atoms with Gasteiger partial charge in [-0.1, -0.05) is 12.1 Å². The quantitative estimate of drug-likeness (QED) is 0.855. The van der Waals surface area contributed by atoms with Gasteiger partial charge in [0, 0.05) is 17.5 Å². The Kier molecular flexibility index (Phi) is 4.80. The lowest BCUT2D eigenvalue weighted by Crippen LogP contribution is -2.37. The molecule has 24 heavy (non-hydrogen) atoms. The molecule has 1 saturated heterocycles. The van der Waals surface area contributed by atoms with Crippen molar-refractivity contribution in [2.75, 3.05) is 13.7 Å². The number of hydrogen-bond donors (Lipinski definition) is 1. The zero-order valence-electron chi connectivity index (χ0n) is 13.3. The van der Waals surface area contributed by atoms with Crippen LogP contribution in [0.5, 0.6) is 0 Å². The van der Waals surface area contributed by atoms with Gasteiger partial charge in [-0.05, 0) is 31.4 Å². The Labute approximate surface area is 143 Å². The van der Waals surface area contributed by atoms with E-state index in [4.69, 9.17) is 0 Å². The van der Waals surface area contributed by atoms with Crippen molar-refractivity contribution in [2.24, 2.45) is 0 Å². The molecule has 0 aliphatic carbocycles. The van der Waals surface area contributed by atoms with Crippen LogP contribution in [0.1, 0.15) is 41.4 Å². The number of likely N-dealkylation sites (tertiary alicyclic amines) is 1. The van der Waals surface area contributed by atoms with Gasteiger partial charge in [0.05, 0.1) is 24.4 Å². The maximum Gasteiger partial charge on any atom is 0.407 e. The molecule has 1 aromatic heterocycles. The third-order valence-corrected chi connectivity index (χ3v) is 5.07. The van der Waals surface area contributed by atoms with Gasteiger partial charge in [0.1, 0.15) is 5.01 Å². The molecule has 6 nitrogen and oxygen atoms in total. The molecule has 1 atom stereocenters. The first-order valence-corrected chi connectivity index (χ1v) is 8.62. The molecule has 0 bridgehead atoms. The van der Waals surface area contributed by atoms with Gasteiger partial charge >= 0.3 is 12.1 Å². The van der Waals surface area contributed by atoms with Gasteiger partial charge in [-0.25, -0.2) is 14.6 Å². The van der Waals surface area contributed by atoms with Crippen LogP contribution in [-0.4, -0.2) is 40.7 Å². The van der Waals surface area contributed by atoms with Crippen molar-refractivity contribution in [3.63, 3.8) is 0 Å². The van der Waals surface area contributed by atoms with Crippen molar-refractivity contribution in [2.45, 2.75) is 25.3 Å². The van der Waals surface area contributed by atoms with E-state index in [1.807, 2.05) is 17.5 Å². The Morgan fingerprint density at radius 3 is 2.71 bits per heavy atom. The van der Waals surface area contributed by atoms with Crippen LogP contribution in [0.2, 0.25) is 0 Å². The number of thiazole rings is 1. The number of carboxylic acid groups (broad SMARTS) is 1. The van der Waals surface area contributed by atoms with Crippen LogP contribution in [0.3, 0.4) is 0 Å². The molecule has 1 aromatic carbocycles. The minimum Gasteiger partial charge on any atom is -0.465 e. The maximum atomic E-state index is 11.5. The van der Waals surface area contributed by atoms with Crippen LogP contribution >= 0.6 is 11.3 Å². The van der Waals surface area contributed by atoms with E-state index in [1.165, 1.54) is 23.3 Å². The molecule has 1 aliphatic rings. The van der Waals surface area contributed by atoms with Crippen molar-refractivity contribution in [1.82, 2.24) is 9.88 Å². The Morgan fingerprint density at radius 1 is 1.29 bits per heavy atom. The summed E-state index contributed by atoms with van der Waals surface area (Å²) in [5, 5.41) is 12.1. The van der Waals surface area contributed by atoms with E-state index in [1.54, 1.807) is 12.1 Å². The van der Waals surface area contributed by atoms with Gasteiger partial charge in [0.15, 0.2) is 0 Å². The number of nitrogens with zero attached hydrogens (tertiary/aromatic N) is 2. The summed E-state index contributed by atoms with van der Waals surface area (Å²) in [5.41, 5.74) is 2.19. The number of esters is 1. The molecule has 1 amide bonds. The number of hydrogen-bond acceptors (Lipinski definition) is 5. The van der Waals surface area contributed by atoms with Crippen molar-refractivity contribution in [1.29, 1.82) is 0 Å². The van der Waals surface area contributed by atoms with Gasteiger partial charge in [0.2, 0.25) is 0 Å². The fourth-order valence-corrected chi connectivity index (χ4v) is 3.78. The number of carbonyl (C=O) groups is 2. The van der Waals surface area contributed by atoms with E-state index in [2.05, 4.69) is 9.72 Å². The fourth-order valence-electron chi connectivity index (χ4n) is 2.91. The third kappa shape index (κ3) is 3.26. The number of piperidine rings is 1. The minimum absolute atomic E-state index is 0.171. The summed E-state index contributed by atoms with van der Waals surface area (Å²) in [5.74, 6) is -0.374. The topological polar surface area (TPSA) is 79.7 Å². The molecule has 0 spiro atoms. The molecule has 1 N–H and O–H groups in total. The van der Waals surface area contributed by atoms with E-state index in [0.717, 1.165) is 35.5 Å². The van der Waals surface area contributed by atoms with Crippen molar-refractivity contribution >= 4 is 23.4 Å². The van der Waals surface area contributed by atoms with Crippen LogP contribution < -0.4 is 0 Å². The molecule has 2 aromatic rings. The standard InChI is InChI=1S/C17H18N2O4S/c1-23-16(20)12-7-5-11(6-8-12)15-18-13(10-24-15)14-4-2-3-9-19(14)17(21)22/h5-8,10,14H,2-4,9H2,1H3,(H,21,22)/t14-/m1/s1. The van der Waals surface area contributed by atoms with Crippen LogP contribution in [0.25, 0.3) is 10.6 Å². The van der Waals surface area contributed by atoms with E-state index in [9.17, 15) is 14.7 Å². The van der Waals surface area contributed by atoms with Crippen molar-refractivity contribution in [3.8, 4) is 10.6 Å². The number of rotatable bonds is 3. The second kappa shape index (κ2) is 7.00. The molecule has 7 heteroatoms. The Bertz CT molecular complexity index is 741. The summed E-state index contributed by atoms with van der Waals surface area (Å²) in [6.07, 6.45) is 1.82. The third-order valence-electron chi connectivity index (χ3n) is 4.16. The number of amides is 1. The maximum absolute atomic E-state index is 11.5. The highest BCUT2D eigenvalue weighted by molar-refractivity contribution is 7.13. The summed E-state index contributed by atoms with van der Waals surface area (Å²) in [6.45, 7) is 0.556. The zero-order valence-corrected chi connectivity index (χ0v) is 14.1. The normalized spacial score (nSPS) is 17.5. The highest BCUT2D eigenvalue weighted by Gasteiger charge is 2.29. The number of benzene rings is 1. The molecule has 126 valence electrons. The predicted molar refractivity (Wildman–Crippen MR) is 90.2 cm³/mol. The number of methoxy groups -OCH3 is 1. The summed E-state index contributed by atoms with van der Waals surface area (Å²) in [4.78, 5) is 29.0. The van der Waals surface area contributed by atoms with Crippen molar-refractivity contribution in [3.05, 3.63) is 40.9 Å². The fraction of sp³-hybridized carbons (Fsp3) is 0.353. The zero-order chi connectivity index (χ0) is 17.1. The largest absolute Gasteiger partial charge is 0.465 e. The number of aromatic nitrogens is 1. The lowest BCUT2D eigenvalue weighted by Gasteiger charge is -2.32. The van der Waals surface area contributed by atoms with Gasteiger partial charge in [-0.3, -0.25) is 4.90 Å². The monoisotopic (exact) mass is 346 g/mol. The first-order valence-electron chi connectivity index (χ1n) is 7.74. The Morgan fingerprint density at radius 2 is 2.04 bits per heavy atom. The second-order valence-corrected chi connectivity index (χ2v) is 6.49. The highest BCUT2D eigenvalue weighted by Crippen LogP contribution is 2.34. The van der Waals surface area contributed by atoms with E-state index >= 15 is 0 Å². The second-order valence-electron chi connectivity index (χ2n) is 5.63. The number of ether oxygens (including phenoxy) is 1. The lowest BCUT2D eigenvalue weighted by molar-refractivity contribution is 0.0600. The van der Waals surface area contributed by atoms with Crippen LogP contribution in [0.4, 0.5) is 4.79 Å². The van der Waals surface area contributed by atoms with Crippen LogP contribution in [0.15, 0.2) is 29.6 Å². The summed E-state index contributed by atoms with van der Waals surface area (Å²) in [7, 11) is 1.35. The molecule has 3 rings (SSSR count). The van der Waals surface area contributed by atoms with E-state index < -0.39 is 6.09 Å². The average Bonchev–Trinajstić information content (AvgIpc) is 3.11. The summed E-state index contributed by atoms with van der Waals surface area (Å²) < 4.78 is 4.69. The van der Waals surface area contributed by atoms with Crippen LogP contribution in [-0.2, 0) is 4.74 Å². The molecule has 0 radical (unpaired) electrons. The first-order chi connectivity index (χ1) is 11.6. The molecular formula is C17H18N2O4S. The highest BCUT2D eigenvalue weighted by atomic mass is 32.1. The van der Waals surface area contributed by atoms with Crippen LogP contribution in [0, 0.1) is 0 Å². The van der Waals surface area contributed by atoms with Gasteiger partial charge in [-0.15, -0.1) is 11.3 Å². The van der Waals surface area contributed by atoms with Gasteiger partial charge < -0.3 is 9.84 Å². The van der Waals surface area contributed by atoms with E-state index in [-0.39, 0.29) is 12.0 Å². The molecule has 0 unspecified atom stereocenters. The molecule has 2 heterocycles. The number of carbonyl (C=O) groups excluding carboxylic acids is 1. The van der Waals surface area contributed by atoms with Gasteiger partial charge in [-0.2, -0.15) is 0 Å². The molecule has 1 aliphatic heterocycles. The first kappa shape index (κ1) is 16.4. The molecule has 0 saturated carbocycles. The Balaban J connectivity index is 1.82.